The van der Waals surface area contributed by atoms with E-state index in [9.17, 15) is 9.82 Å². The molecule has 2 aliphatic heterocycles. The summed E-state index contributed by atoms with van der Waals surface area (Å²) in [4.78, 5) is 20.3. The minimum Gasteiger partial charge on any atom is -0.437 e. The number of hydrogen-bond donors (Lipinski definition) is 1. The van der Waals surface area contributed by atoms with Gasteiger partial charge in [0, 0.05) is 37.1 Å². The lowest BCUT2D eigenvalue weighted by molar-refractivity contribution is -0.139. The first-order valence-electron chi connectivity index (χ1n) is 13.1. The van der Waals surface area contributed by atoms with Gasteiger partial charge in [-0.25, -0.2) is 0 Å². The van der Waals surface area contributed by atoms with Crippen LogP contribution >= 0.6 is 11.6 Å². The lowest BCUT2D eigenvalue weighted by Gasteiger charge is -2.47. The average Bonchev–Trinajstić information content (AvgIpc) is 2.86. The summed E-state index contributed by atoms with van der Waals surface area (Å²) in [6, 6.07) is 19.2. The number of nitrogens with zero attached hydrogens (tertiary/aromatic N) is 3. The van der Waals surface area contributed by atoms with Crippen LogP contribution in [0.25, 0.3) is 0 Å². The molecule has 2 fully saturated rings. The molecule has 188 valence electrons. The first-order valence-corrected chi connectivity index (χ1v) is 13.5. The number of benzene rings is 2. The summed E-state index contributed by atoms with van der Waals surface area (Å²) >= 11 is 6.20. The van der Waals surface area contributed by atoms with Crippen LogP contribution in [0.15, 0.2) is 54.6 Å². The predicted molar refractivity (Wildman–Crippen MR) is 144 cm³/mol. The summed E-state index contributed by atoms with van der Waals surface area (Å²) < 4.78 is 0. The number of carbonyl (C=O) groups excluding carboxylic acids is 1. The van der Waals surface area contributed by atoms with E-state index in [0.29, 0.717) is 24.2 Å². The molecule has 0 aliphatic carbocycles. The van der Waals surface area contributed by atoms with Gasteiger partial charge in [-0.2, -0.15) is 0 Å². The monoisotopic (exact) mass is 495 g/mol. The fourth-order valence-electron chi connectivity index (χ4n) is 5.74. The van der Waals surface area contributed by atoms with Crippen molar-refractivity contribution >= 4 is 24.6 Å². The van der Waals surface area contributed by atoms with Gasteiger partial charge >= 0.3 is 7.05 Å². The standard InChI is InChI=1S/C28H39BClN3O2/c1-21(2)26-20-31(28(23-7-5-4-6-8-23)24-9-11-25(30)12-10-24)17-18-33(26)27(34)19-22-13-15-32(16-14-22)29(3)35/h4-12,21-22,26,28,35H,13-20H2,1-3H3/t26-,28?/m1/s1. The number of halogens is 1. The van der Waals surface area contributed by atoms with Crippen molar-refractivity contribution in [1.29, 1.82) is 0 Å². The Morgan fingerprint density at radius 2 is 1.63 bits per heavy atom. The van der Waals surface area contributed by atoms with Crippen LogP contribution in [-0.2, 0) is 4.79 Å². The summed E-state index contributed by atoms with van der Waals surface area (Å²) in [6.45, 7) is 10.5. The molecule has 5 nitrogen and oxygen atoms in total. The molecule has 2 aliphatic rings. The molecule has 0 bridgehead atoms. The molecule has 2 aromatic carbocycles. The van der Waals surface area contributed by atoms with E-state index in [2.05, 4.69) is 70.9 Å². The SMILES string of the molecule is CB(O)N1CCC(CC(=O)N2CCN(C(c3ccccc3)c3ccc(Cl)cc3)C[C@@H]2C(C)C)CC1. The molecular formula is C28H39BClN3O2. The summed E-state index contributed by atoms with van der Waals surface area (Å²) in [5.41, 5.74) is 2.50. The van der Waals surface area contributed by atoms with Crippen molar-refractivity contribution in [2.75, 3.05) is 32.7 Å². The molecule has 35 heavy (non-hydrogen) atoms. The largest absolute Gasteiger partial charge is 0.437 e. The molecule has 7 heteroatoms. The molecule has 4 rings (SSSR count). The Hall–Kier alpha value is -1.86. The van der Waals surface area contributed by atoms with Crippen LogP contribution in [0.4, 0.5) is 0 Å². The van der Waals surface area contributed by atoms with Crippen molar-refractivity contribution in [3.05, 3.63) is 70.7 Å². The highest BCUT2D eigenvalue weighted by molar-refractivity contribution is 6.45. The molecule has 0 saturated carbocycles. The van der Waals surface area contributed by atoms with E-state index >= 15 is 0 Å². The molecular weight excluding hydrogens is 457 g/mol. The van der Waals surface area contributed by atoms with E-state index in [1.165, 1.54) is 11.1 Å². The number of amides is 1. The van der Waals surface area contributed by atoms with E-state index < -0.39 is 7.05 Å². The third-order valence-electron chi connectivity index (χ3n) is 7.85. The molecule has 0 radical (unpaired) electrons. The van der Waals surface area contributed by atoms with Gasteiger partial charge in [0.15, 0.2) is 0 Å². The van der Waals surface area contributed by atoms with Crippen LogP contribution in [0.5, 0.6) is 0 Å². The molecule has 2 saturated heterocycles. The highest BCUT2D eigenvalue weighted by Crippen LogP contribution is 2.33. The molecule has 1 amide bonds. The minimum atomic E-state index is -0.400. The van der Waals surface area contributed by atoms with Crippen molar-refractivity contribution in [2.45, 2.75) is 52.0 Å². The van der Waals surface area contributed by atoms with Crippen LogP contribution < -0.4 is 0 Å². The zero-order chi connectivity index (χ0) is 24.9. The van der Waals surface area contributed by atoms with Gasteiger partial charge in [-0.1, -0.05) is 67.9 Å². The lowest BCUT2D eigenvalue weighted by Crippen LogP contribution is -2.58. The van der Waals surface area contributed by atoms with Crippen molar-refractivity contribution < 1.29 is 9.82 Å². The number of hydrogen-bond acceptors (Lipinski definition) is 4. The van der Waals surface area contributed by atoms with Crippen LogP contribution in [0, 0.1) is 11.8 Å². The maximum Gasteiger partial charge on any atom is 0.376 e. The van der Waals surface area contributed by atoms with E-state index in [0.717, 1.165) is 50.6 Å². The Kier molecular flexibility index (Phi) is 8.93. The molecule has 0 spiro atoms. The first-order chi connectivity index (χ1) is 16.8. The quantitative estimate of drug-likeness (QED) is 0.560. The lowest BCUT2D eigenvalue weighted by atomic mass is 9.80. The van der Waals surface area contributed by atoms with Gasteiger partial charge in [0.1, 0.15) is 0 Å². The van der Waals surface area contributed by atoms with Crippen molar-refractivity contribution in [2.24, 2.45) is 11.8 Å². The Balaban J connectivity index is 1.47. The highest BCUT2D eigenvalue weighted by atomic mass is 35.5. The summed E-state index contributed by atoms with van der Waals surface area (Å²) in [6.07, 6.45) is 2.58. The Labute approximate surface area is 216 Å². The van der Waals surface area contributed by atoms with Gasteiger partial charge in [-0.3, -0.25) is 9.69 Å². The van der Waals surface area contributed by atoms with E-state index in [-0.39, 0.29) is 12.1 Å². The van der Waals surface area contributed by atoms with Crippen LogP contribution in [0.3, 0.4) is 0 Å². The fraction of sp³-hybridized carbons (Fsp3) is 0.536. The smallest absolute Gasteiger partial charge is 0.376 e. The number of carbonyl (C=O) groups is 1. The van der Waals surface area contributed by atoms with Crippen molar-refractivity contribution in [3.8, 4) is 0 Å². The van der Waals surface area contributed by atoms with Gasteiger partial charge in [0.25, 0.3) is 0 Å². The van der Waals surface area contributed by atoms with Crippen molar-refractivity contribution in [3.63, 3.8) is 0 Å². The maximum atomic E-state index is 13.5. The maximum absolute atomic E-state index is 13.5. The summed E-state index contributed by atoms with van der Waals surface area (Å²) in [5, 5.41) is 10.6. The Morgan fingerprint density at radius 3 is 2.23 bits per heavy atom. The Morgan fingerprint density at radius 1 is 1.00 bits per heavy atom. The fourth-order valence-corrected chi connectivity index (χ4v) is 5.86. The number of piperidine rings is 1. The van der Waals surface area contributed by atoms with Gasteiger partial charge in [-0.05, 0) is 67.8 Å². The second-order valence-corrected chi connectivity index (χ2v) is 11.0. The average molecular weight is 496 g/mol. The molecule has 2 heterocycles. The predicted octanol–water partition coefficient (Wildman–Crippen LogP) is 4.81. The second kappa shape index (κ2) is 11.9. The zero-order valence-electron chi connectivity index (χ0n) is 21.3. The molecule has 2 atom stereocenters. The van der Waals surface area contributed by atoms with Crippen LogP contribution in [-0.4, -0.2) is 71.4 Å². The third-order valence-corrected chi connectivity index (χ3v) is 8.10. The van der Waals surface area contributed by atoms with Gasteiger partial charge in [0.05, 0.1) is 6.04 Å². The van der Waals surface area contributed by atoms with Gasteiger partial charge in [0.2, 0.25) is 5.91 Å². The molecule has 2 aromatic rings. The topological polar surface area (TPSA) is 47.0 Å². The summed E-state index contributed by atoms with van der Waals surface area (Å²) in [5.74, 6) is 1.08. The highest BCUT2D eigenvalue weighted by Gasteiger charge is 2.37. The molecule has 0 aromatic heterocycles. The van der Waals surface area contributed by atoms with Crippen LogP contribution in [0.1, 0.15) is 50.3 Å². The first kappa shape index (κ1) is 26.2. The minimum absolute atomic E-state index is 0.136. The molecule has 1 unspecified atom stereocenters. The molecule has 1 N–H and O–H groups in total. The number of piperazine rings is 1. The van der Waals surface area contributed by atoms with Gasteiger partial charge in [-0.15, -0.1) is 0 Å². The van der Waals surface area contributed by atoms with Gasteiger partial charge < -0.3 is 14.7 Å². The normalized spacial score (nSPS) is 21.3. The zero-order valence-corrected chi connectivity index (χ0v) is 22.1. The number of rotatable bonds is 7. The van der Waals surface area contributed by atoms with E-state index in [1.807, 2.05) is 19.0 Å². The second-order valence-electron chi connectivity index (χ2n) is 10.6. The summed E-state index contributed by atoms with van der Waals surface area (Å²) in [7, 11) is -0.400. The van der Waals surface area contributed by atoms with E-state index in [4.69, 9.17) is 11.6 Å². The van der Waals surface area contributed by atoms with Crippen LogP contribution in [0.2, 0.25) is 11.8 Å². The van der Waals surface area contributed by atoms with Crippen molar-refractivity contribution in [1.82, 2.24) is 14.6 Å². The third kappa shape index (κ3) is 6.48. The Bertz CT molecular complexity index is 948. The van der Waals surface area contributed by atoms with E-state index in [1.54, 1.807) is 0 Å².